The van der Waals surface area contributed by atoms with Crippen molar-refractivity contribution in [2.24, 2.45) is 0 Å². The monoisotopic (exact) mass is 476 g/mol. The molecule has 0 fully saturated rings. The minimum atomic E-state index is -0.569. The van der Waals surface area contributed by atoms with Gasteiger partial charge in [0.05, 0.1) is 17.7 Å². The minimum Gasteiger partial charge on any atom is -0.459 e. The number of hydrogen-bond donors (Lipinski definition) is 0. The van der Waals surface area contributed by atoms with Crippen molar-refractivity contribution < 1.29 is 13.9 Å². The van der Waals surface area contributed by atoms with Gasteiger partial charge >= 0.3 is 5.97 Å². The quantitative estimate of drug-likeness (QED) is 0.323. The first-order chi connectivity index (χ1) is 17.7. The molecule has 3 heterocycles. The molecule has 0 N–H and O–H groups in total. The van der Waals surface area contributed by atoms with Gasteiger partial charge in [-0.25, -0.2) is 9.67 Å². The molecule has 0 atom stereocenters. The molecule has 3 aromatic carbocycles. The van der Waals surface area contributed by atoms with Crippen molar-refractivity contribution in [2.45, 2.75) is 13.2 Å². The Bertz CT molecular complexity index is 1750. The van der Waals surface area contributed by atoms with Crippen LogP contribution in [0.25, 0.3) is 39.0 Å². The maximum absolute atomic E-state index is 12.9. The Balaban J connectivity index is 1.25. The van der Waals surface area contributed by atoms with Crippen LogP contribution in [0.4, 0.5) is 0 Å². The summed E-state index contributed by atoms with van der Waals surface area (Å²) in [6.45, 7) is -0.280. The van der Waals surface area contributed by atoms with Gasteiger partial charge in [0, 0.05) is 22.7 Å². The molecule has 0 bridgehead atoms. The third kappa shape index (κ3) is 3.94. The summed E-state index contributed by atoms with van der Waals surface area (Å²) in [6, 6.07) is 26.7. The van der Waals surface area contributed by atoms with Crippen LogP contribution in [-0.2, 0) is 22.7 Å². The van der Waals surface area contributed by atoms with Gasteiger partial charge in [-0.15, -0.1) is 0 Å². The summed E-state index contributed by atoms with van der Waals surface area (Å²) in [5.41, 5.74) is 3.99. The van der Waals surface area contributed by atoms with E-state index in [1.54, 1.807) is 10.7 Å². The van der Waals surface area contributed by atoms with E-state index < -0.39 is 11.5 Å². The molecule has 0 radical (unpaired) electrons. The Kier molecular flexibility index (Phi) is 5.38. The molecule has 0 saturated carbocycles. The predicted octanol–water partition coefficient (Wildman–Crippen LogP) is 4.74. The molecular formula is C28H20N4O4. The number of fused-ring (bicyclic) bond motifs is 3. The Morgan fingerprint density at radius 2 is 1.64 bits per heavy atom. The zero-order valence-corrected chi connectivity index (χ0v) is 19.1. The number of carbonyl (C=O) groups is 1. The van der Waals surface area contributed by atoms with Gasteiger partial charge in [-0.3, -0.25) is 14.2 Å². The number of benzene rings is 3. The first-order valence-electron chi connectivity index (χ1n) is 11.4. The van der Waals surface area contributed by atoms with Crippen LogP contribution in [0.1, 0.15) is 5.56 Å². The molecule has 8 nitrogen and oxygen atoms in total. The Morgan fingerprint density at radius 3 is 2.44 bits per heavy atom. The molecule has 0 unspecified atom stereocenters. The molecule has 6 aromatic rings. The van der Waals surface area contributed by atoms with E-state index in [-0.39, 0.29) is 18.7 Å². The van der Waals surface area contributed by atoms with E-state index in [1.807, 2.05) is 85.1 Å². The number of rotatable bonds is 6. The lowest BCUT2D eigenvalue weighted by Gasteiger charge is -2.07. The highest BCUT2D eigenvalue weighted by Gasteiger charge is 2.17. The lowest BCUT2D eigenvalue weighted by atomic mass is 10.1. The van der Waals surface area contributed by atoms with Crippen molar-refractivity contribution >= 4 is 28.0 Å². The number of furan rings is 1. The molecule has 0 aliphatic rings. The SMILES string of the molecule is O=C(Cn1cnc2c(oc3ccccc32)c1=O)OCc1cn(-c2ccccc2)nc1-c1ccccc1. The zero-order valence-electron chi connectivity index (χ0n) is 19.1. The molecule has 0 aliphatic heterocycles. The number of carbonyl (C=O) groups excluding carboxylic acids is 1. The van der Waals surface area contributed by atoms with E-state index in [0.29, 0.717) is 11.1 Å². The maximum Gasteiger partial charge on any atom is 0.326 e. The number of aromatic nitrogens is 4. The van der Waals surface area contributed by atoms with Crippen LogP contribution in [0, 0.1) is 0 Å². The summed E-state index contributed by atoms with van der Waals surface area (Å²) < 4.78 is 14.2. The number of esters is 1. The van der Waals surface area contributed by atoms with Gasteiger partial charge in [-0.05, 0) is 24.3 Å². The fourth-order valence-electron chi connectivity index (χ4n) is 4.14. The van der Waals surface area contributed by atoms with Crippen molar-refractivity contribution in [3.63, 3.8) is 0 Å². The number of ether oxygens (including phenoxy) is 1. The molecule has 0 saturated heterocycles. The second-order valence-corrected chi connectivity index (χ2v) is 8.26. The zero-order chi connectivity index (χ0) is 24.5. The van der Waals surface area contributed by atoms with Crippen molar-refractivity contribution in [3.8, 4) is 16.9 Å². The van der Waals surface area contributed by atoms with E-state index in [2.05, 4.69) is 4.98 Å². The molecule has 176 valence electrons. The van der Waals surface area contributed by atoms with Crippen molar-refractivity contribution in [3.05, 3.63) is 113 Å². The minimum absolute atomic E-state index is 0.00492. The molecule has 0 spiro atoms. The van der Waals surface area contributed by atoms with Crippen molar-refractivity contribution in [1.82, 2.24) is 19.3 Å². The lowest BCUT2D eigenvalue weighted by Crippen LogP contribution is -2.25. The topological polar surface area (TPSA) is 92.1 Å². The van der Waals surface area contributed by atoms with E-state index in [9.17, 15) is 9.59 Å². The van der Waals surface area contributed by atoms with E-state index >= 15 is 0 Å². The number of nitrogens with zero attached hydrogens (tertiary/aromatic N) is 4. The van der Waals surface area contributed by atoms with Crippen LogP contribution in [-0.4, -0.2) is 25.3 Å². The van der Waals surface area contributed by atoms with E-state index in [0.717, 1.165) is 27.9 Å². The normalized spacial score (nSPS) is 11.2. The van der Waals surface area contributed by atoms with Crippen LogP contribution < -0.4 is 5.56 Å². The fraction of sp³-hybridized carbons (Fsp3) is 0.0714. The summed E-state index contributed by atoms with van der Waals surface area (Å²) in [6.07, 6.45) is 3.19. The smallest absolute Gasteiger partial charge is 0.326 e. The second kappa shape index (κ2) is 8.99. The van der Waals surface area contributed by atoms with Gasteiger partial charge in [0.15, 0.2) is 0 Å². The predicted molar refractivity (Wildman–Crippen MR) is 135 cm³/mol. The third-order valence-corrected chi connectivity index (χ3v) is 5.90. The van der Waals surface area contributed by atoms with Gasteiger partial charge < -0.3 is 9.15 Å². The van der Waals surface area contributed by atoms with E-state index in [4.69, 9.17) is 14.3 Å². The van der Waals surface area contributed by atoms with Gasteiger partial charge in [-0.1, -0.05) is 60.7 Å². The summed E-state index contributed by atoms with van der Waals surface area (Å²) in [4.78, 5) is 30.0. The fourth-order valence-corrected chi connectivity index (χ4v) is 4.14. The number of hydrogen-bond acceptors (Lipinski definition) is 6. The van der Waals surface area contributed by atoms with Crippen LogP contribution in [0.3, 0.4) is 0 Å². The van der Waals surface area contributed by atoms with Gasteiger partial charge in [0.2, 0.25) is 5.58 Å². The molecule has 36 heavy (non-hydrogen) atoms. The van der Waals surface area contributed by atoms with E-state index in [1.165, 1.54) is 10.9 Å². The highest BCUT2D eigenvalue weighted by atomic mass is 16.5. The lowest BCUT2D eigenvalue weighted by molar-refractivity contribution is -0.145. The summed E-state index contributed by atoms with van der Waals surface area (Å²) in [7, 11) is 0. The standard InChI is InChI=1S/C28H20N4O4/c33-24(16-31-18-29-26-22-13-7-8-14-23(22)36-27(26)28(31)34)35-17-20-15-32(21-11-5-2-6-12-21)30-25(20)19-9-3-1-4-10-19/h1-15,18H,16-17H2. The summed E-state index contributed by atoms with van der Waals surface area (Å²) in [5, 5.41) is 5.48. The molecule has 8 heteroatoms. The summed E-state index contributed by atoms with van der Waals surface area (Å²) >= 11 is 0. The van der Waals surface area contributed by atoms with Crippen LogP contribution in [0.2, 0.25) is 0 Å². The first-order valence-corrected chi connectivity index (χ1v) is 11.4. The number of para-hydroxylation sites is 2. The average molecular weight is 476 g/mol. The van der Waals surface area contributed by atoms with Crippen LogP contribution >= 0.6 is 0 Å². The Morgan fingerprint density at radius 1 is 0.917 bits per heavy atom. The highest BCUT2D eigenvalue weighted by molar-refractivity contribution is 6.01. The van der Waals surface area contributed by atoms with Crippen molar-refractivity contribution in [1.29, 1.82) is 0 Å². The second-order valence-electron chi connectivity index (χ2n) is 8.26. The molecule has 3 aromatic heterocycles. The Hall–Kier alpha value is -4.98. The van der Waals surface area contributed by atoms with Crippen LogP contribution in [0.5, 0.6) is 0 Å². The van der Waals surface area contributed by atoms with Gasteiger partial charge in [-0.2, -0.15) is 5.10 Å². The van der Waals surface area contributed by atoms with Crippen molar-refractivity contribution in [2.75, 3.05) is 0 Å². The Labute approximate surface area is 205 Å². The van der Waals surface area contributed by atoms with Crippen LogP contribution in [0.15, 0.2) is 107 Å². The van der Waals surface area contributed by atoms with Gasteiger partial charge in [0.1, 0.15) is 24.3 Å². The molecule has 0 aliphatic carbocycles. The maximum atomic E-state index is 12.9. The average Bonchev–Trinajstić information content (AvgIpc) is 3.53. The molecule has 6 rings (SSSR count). The molecular weight excluding hydrogens is 456 g/mol. The highest BCUT2D eigenvalue weighted by Crippen LogP contribution is 2.25. The largest absolute Gasteiger partial charge is 0.459 e. The van der Waals surface area contributed by atoms with Gasteiger partial charge in [0.25, 0.3) is 5.56 Å². The molecule has 0 amide bonds. The third-order valence-electron chi connectivity index (χ3n) is 5.90. The summed E-state index contributed by atoms with van der Waals surface area (Å²) in [5.74, 6) is -0.569. The first kappa shape index (κ1) is 21.5.